The lowest BCUT2D eigenvalue weighted by molar-refractivity contribution is 0.469. The summed E-state index contributed by atoms with van der Waals surface area (Å²) in [5, 5.41) is 17.5. The van der Waals surface area contributed by atoms with Crippen LogP contribution in [0.2, 0.25) is 0 Å². The van der Waals surface area contributed by atoms with Gasteiger partial charge in [0, 0.05) is 24.4 Å². The summed E-state index contributed by atoms with van der Waals surface area (Å²) in [6.07, 6.45) is 5.87. The number of hydrogen-bond donors (Lipinski definition) is 0. The van der Waals surface area contributed by atoms with Gasteiger partial charge in [-0.15, -0.1) is 20.4 Å². The Morgan fingerprint density at radius 1 is 1.08 bits per heavy atom. The summed E-state index contributed by atoms with van der Waals surface area (Å²) in [6.45, 7) is 2.50. The number of aromatic nitrogens is 6. The van der Waals surface area contributed by atoms with Crippen molar-refractivity contribution < 1.29 is 8.83 Å². The monoisotopic (exact) mass is 368 g/mol. The van der Waals surface area contributed by atoms with Crippen LogP contribution in [-0.2, 0) is 18.7 Å². The molecule has 0 saturated heterocycles. The molecule has 4 rings (SSSR count). The second kappa shape index (κ2) is 7.52. The Hall–Kier alpha value is -2.94. The first-order valence-corrected chi connectivity index (χ1v) is 9.12. The Morgan fingerprint density at radius 3 is 2.73 bits per heavy atom. The summed E-state index contributed by atoms with van der Waals surface area (Å²) in [6, 6.07) is 7.61. The molecule has 26 heavy (non-hydrogen) atoms. The molecule has 0 N–H and O–H groups in total. The second-order valence-electron chi connectivity index (χ2n) is 5.45. The minimum Gasteiger partial charge on any atom is -0.467 e. The van der Waals surface area contributed by atoms with Gasteiger partial charge in [0.05, 0.1) is 18.6 Å². The molecule has 0 amide bonds. The van der Waals surface area contributed by atoms with Crippen LogP contribution in [0, 0.1) is 0 Å². The van der Waals surface area contributed by atoms with Crippen LogP contribution in [0.15, 0.2) is 56.9 Å². The topological polar surface area (TPSA) is 95.7 Å². The van der Waals surface area contributed by atoms with Crippen molar-refractivity contribution in [2.45, 2.75) is 30.8 Å². The quantitative estimate of drug-likeness (QED) is 0.459. The molecule has 4 aromatic heterocycles. The average Bonchev–Trinajstić information content (AvgIpc) is 3.42. The lowest BCUT2D eigenvalue weighted by Gasteiger charge is -2.08. The highest BCUT2D eigenvalue weighted by molar-refractivity contribution is 7.98. The minimum atomic E-state index is 0.524. The molecule has 0 aliphatic carbocycles. The van der Waals surface area contributed by atoms with E-state index < -0.39 is 0 Å². The molecule has 132 valence electrons. The summed E-state index contributed by atoms with van der Waals surface area (Å²) in [7, 11) is 0. The minimum absolute atomic E-state index is 0.524. The van der Waals surface area contributed by atoms with Crippen molar-refractivity contribution in [1.82, 2.24) is 29.9 Å². The highest BCUT2D eigenvalue weighted by atomic mass is 32.2. The highest BCUT2D eigenvalue weighted by Gasteiger charge is 2.17. The van der Waals surface area contributed by atoms with Gasteiger partial charge in [-0.1, -0.05) is 18.7 Å². The third kappa shape index (κ3) is 3.52. The summed E-state index contributed by atoms with van der Waals surface area (Å²) >= 11 is 1.49. The van der Waals surface area contributed by atoms with Crippen LogP contribution in [0.1, 0.15) is 24.5 Å². The molecule has 0 radical (unpaired) electrons. The third-order valence-electron chi connectivity index (χ3n) is 3.67. The van der Waals surface area contributed by atoms with Gasteiger partial charge >= 0.3 is 0 Å². The number of furan rings is 1. The number of aryl methyl sites for hydroxylation is 1. The Kier molecular flexibility index (Phi) is 4.78. The molecule has 0 aliphatic rings. The Balaban J connectivity index is 1.61. The average molecular weight is 368 g/mol. The molecule has 0 aliphatic heterocycles. The highest BCUT2D eigenvalue weighted by Crippen LogP contribution is 2.27. The van der Waals surface area contributed by atoms with E-state index in [0.717, 1.165) is 28.7 Å². The maximum atomic E-state index is 5.56. The van der Waals surface area contributed by atoms with Crippen molar-refractivity contribution in [3.63, 3.8) is 0 Å². The van der Waals surface area contributed by atoms with Crippen LogP contribution in [0.5, 0.6) is 0 Å². The molecule has 0 unspecified atom stereocenters. The number of rotatable bonds is 7. The van der Waals surface area contributed by atoms with Gasteiger partial charge in [-0.25, -0.2) is 0 Å². The molecular formula is C17H16N6O2S. The fourth-order valence-corrected chi connectivity index (χ4v) is 3.20. The van der Waals surface area contributed by atoms with E-state index in [9.17, 15) is 0 Å². The molecule has 4 heterocycles. The fraction of sp³-hybridized carbons (Fsp3) is 0.235. The molecule has 0 bridgehead atoms. The van der Waals surface area contributed by atoms with Gasteiger partial charge in [0.25, 0.3) is 0 Å². The smallest absolute Gasteiger partial charge is 0.226 e. The van der Waals surface area contributed by atoms with Gasteiger partial charge in [0.15, 0.2) is 11.0 Å². The van der Waals surface area contributed by atoms with E-state index in [0.29, 0.717) is 24.1 Å². The largest absolute Gasteiger partial charge is 0.467 e. The van der Waals surface area contributed by atoms with Crippen LogP contribution in [0.25, 0.3) is 11.4 Å². The first kappa shape index (κ1) is 16.5. The van der Waals surface area contributed by atoms with E-state index in [2.05, 4.69) is 25.4 Å². The molecule has 9 heteroatoms. The molecule has 4 aromatic rings. The Labute approximate surface area is 153 Å². The van der Waals surface area contributed by atoms with E-state index in [1.807, 2.05) is 35.8 Å². The van der Waals surface area contributed by atoms with Crippen LogP contribution in [0.4, 0.5) is 0 Å². The fourth-order valence-electron chi connectivity index (χ4n) is 2.42. The van der Waals surface area contributed by atoms with E-state index in [1.54, 1.807) is 18.7 Å². The van der Waals surface area contributed by atoms with Gasteiger partial charge in [-0.05, 0) is 24.3 Å². The van der Waals surface area contributed by atoms with Crippen LogP contribution in [-0.4, -0.2) is 29.9 Å². The molecule has 0 atom stereocenters. The number of thioether (sulfide) groups is 1. The summed E-state index contributed by atoms with van der Waals surface area (Å²) in [4.78, 5) is 4.17. The lowest BCUT2D eigenvalue weighted by atomic mass is 10.2. The standard InChI is InChI=1S/C17H16N6O2S/c1-2-14-19-20-15(25-14)11-26-17-22-21-16(12-5-3-7-18-9-12)23(17)10-13-6-4-8-24-13/h3-9H,2,10-11H2,1H3. The summed E-state index contributed by atoms with van der Waals surface area (Å²) in [5.41, 5.74) is 0.893. The predicted molar refractivity (Wildman–Crippen MR) is 94.3 cm³/mol. The molecular weight excluding hydrogens is 352 g/mol. The van der Waals surface area contributed by atoms with E-state index in [4.69, 9.17) is 8.83 Å². The van der Waals surface area contributed by atoms with Gasteiger partial charge in [0.2, 0.25) is 11.8 Å². The normalized spacial score (nSPS) is 11.1. The van der Waals surface area contributed by atoms with Gasteiger partial charge < -0.3 is 8.83 Å². The van der Waals surface area contributed by atoms with Crippen molar-refractivity contribution >= 4 is 11.8 Å². The Bertz CT molecular complexity index is 964. The first-order valence-electron chi connectivity index (χ1n) is 8.13. The lowest BCUT2D eigenvalue weighted by Crippen LogP contribution is -2.03. The summed E-state index contributed by atoms with van der Waals surface area (Å²) in [5.74, 6) is 3.28. The van der Waals surface area contributed by atoms with E-state index in [-0.39, 0.29) is 0 Å². The first-order chi connectivity index (χ1) is 12.8. The molecule has 0 spiro atoms. The molecule has 0 fully saturated rings. The van der Waals surface area contributed by atoms with Crippen LogP contribution >= 0.6 is 11.8 Å². The van der Waals surface area contributed by atoms with Crippen molar-refractivity contribution in [3.8, 4) is 11.4 Å². The van der Waals surface area contributed by atoms with E-state index in [1.165, 1.54) is 11.8 Å². The number of nitrogens with zero attached hydrogens (tertiary/aromatic N) is 6. The number of hydrogen-bond acceptors (Lipinski definition) is 8. The Morgan fingerprint density at radius 2 is 2.00 bits per heavy atom. The van der Waals surface area contributed by atoms with Crippen LogP contribution < -0.4 is 0 Å². The van der Waals surface area contributed by atoms with Crippen molar-refractivity contribution in [1.29, 1.82) is 0 Å². The van der Waals surface area contributed by atoms with Gasteiger partial charge in [0.1, 0.15) is 5.76 Å². The van der Waals surface area contributed by atoms with Crippen molar-refractivity contribution in [2.75, 3.05) is 0 Å². The zero-order valence-electron chi connectivity index (χ0n) is 14.1. The van der Waals surface area contributed by atoms with Crippen molar-refractivity contribution in [2.24, 2.45) is 0 Å². The summed E-state index contributed by atoms with van der Waals surface area (Å²) < 4.78 is 13.1. The second-order valence-corrected chi connectivity index (χ2v) is 6.39. The molecule has 0 saturated carbocycles. The zero-order valence-corrected chi connectivity index (χ0v) is 14.9. The van der Waals surface area contributed by atoms with Crippen LogP contribution in [0.3, 0.4) is 0 Å². The maximum Gasteiger partial charge on any atom is 0.226 e. The SMILES string of the molecule is CCc1nnc(CSc2nnc(-c3cccnc3)n2Cc2ccco2)o1. The van der Waals surface area contributed by atoms with Crippen molar-refractivity contribution in [3.05, 3.63) is 60.5 Å². The molecule has 8 nitrogen and oxygen atoms in total. The third-order valence-corrected chi connectivity index (χ3v) is 4.62. The zero-order chi connectivity index (χ0) is 17.8. The van der Waals surface area contributed by atoms with Gasteiger partial charge in [-0.2, -0.15) is 0 Å². The number of pyridine rings is 1. The molecule has 0 aromatic carbocycles. The predicted octanol–water partition coefficient (Wildman–Crippen LogP) is 3.22. The van der Waals surface area contributed by atoms with Gasteiger partial charge in [-0.3, -0.25) is 9.55 Å². The van der Waals surface area contributed by atoms with E-state index >= 15 is 0 Å². The maximum absolute atomic E-state index is 5.56.